The van der Waals surface area contributed by atoms with Gasteiger partial charge in [-0.3, -0.25) is 4.79 Å². The zero-order chi connectivity index (χ0) is 17.8. The highest BCUT2D eigenvalue weighted by Gasteiger charge is 2.31. The quantitative estimate of drug-likeness (QED) is 0.594. The van der Waals surface area contributed by atoms with E-state index in [1.807, 2.05) is 12.1 Å². The first kappa shape index (κ1) is 17.5. The number of aryl methyl sites for hydroxylation is 1. The Bertz CT molecular complexity index is 800. The Balaban J connectivity index is 1.92. The predicted octanol–water partition coefficient (Wildman–Crippen LogP) is 4.54. The number of ether oxygens (including phenoxy) is 2. The van der Waals surface area contributed by atoms with Gasteiger partial charge in [0.05, 0.1) is 18.1 Å². The Morgan fingerprint density at radius 2 is 2.00 bits per heavy atom. The van der Waals surface area contributed by atoms with Crippen LogP contribution in [0.2, 0.25) is 5.02 Å². The maximum Gasteiger partial charge on any atom is 0.343 e. The maximum atomic E-state index is 12.5. The van der Waals surface area contributed by atoms with Crippen LogP contribution in [-0.2, 0) is 16.0 Å². The van der Waals surface area contributed by atoms with Gasteiger partial charge >= 0.3 is 11.9 Å². The number of hydrogen-bond donors (Lipinski definition) is 0. The van der Waals surface area contributed by atoms with Crippen molar-refractivity contribution in [2.24, 2.45) is 0 Å². The standard InChI is InChI=1S/C20H19ClO4/c1-2-24-20(23)16-10-4-6-13-7-5-11-17(18(13)16)25-19(22)14-8-3-9-15(21)12-14/h3,5,7-9,11-12,16H,2,4,6,10H2,1H3. The van der Waals surface area contributed by atoms with E-state index in [1.54, 1.807) is 37.3 Å². The molecular formula is C20H19ClO4. The van der Waals surface area contributed by atoms with Gasteiger partial charge in [-0.2, -0.15) is 0 Å². The zero-order valence-electron chi connectivity index (χ0n) is 14.0. The summed E-state index contributed by atoms with van der Waals surface area (Å²) in [5, 5.41) is 0.467. The monoisotopic (exact) mass is 358 g/mol. The molecule has 0 aromatic heterocycles. The molecule has 2 aromatic carbocycles. The van der Waals surface area contributed by atoms with E-state index in [-0.39, 0.29) is 5.97 Å². The van der Waals surface area contributed by atoms with Crippen LogP contribution in [0.5, 0.6) is 5.75 Å². The van der Waals surface area contributed by atoms with Crippen LogP contribution in [0.1, 0.15) is 47.2 Å². The van der Waals surface area contributed by atoms with Crippen molar-refractivity contribution in [3.63, 3.8) is 0 Å². The summed E-state index contributed by atoms with van der Waals surface area (Å²) in [6.07, 6.45) is 2.45. The zero-order valence-corrected chi connectivity index (χ0v) is 14.7. The number of carbonyl (C=O) groups is 2. The van der Waals surface area contributed by atoms with Crippen molar-refractivity contribution in [3.05, 3.63) is 64.2 Å². The summed E-state index contributed by atoms with van der Waals surface area (Å²) < 4.78 is 10.8. The van der Waals surface area contributed by atoms with Gasteiger partial charge in [0.1, 0.15) is 5.75 Å². The molecule has 1 aliphatic carbocycles. The molecule has 0 bridgehead atoms. The molecule has 4 nitrogen and oxygen atoms in total. The minimum atomic E-state index is -0.496. The van der Waals surface area contributed by atoms with Gasteiger partial charge in [-0.05, 0) is 56.0 Å². The van der Waals surface area contributed by atoms with E-state index in [0.29, 0.717) is 29.4 Å². The van der Waals surface area contributed by atoms with Gasteiger partial charge < -0.3 is 9.47 Å². The van der Waals surface area contributed by atoms with Gasteiger partial charge in [0, 0.05) is 10.6 Å². The second kappa shape index (κ2) is 7.70. The summed E-state index contributed by atoms with van der Waals surface area (Å²) in [6.45, 7) is 2.11. The Morgan fingerprint density at radius 3 is 2.76 bits per heavy atom. The van der Waals surface area contributed by atoms with E-state index in [0.717, 1.165) is 24.0 Å². The highest BCUT2D eigenvalue weighted by molar-refractivity contribution is 6.30. The lowest BCUT2D eigenvalue weighted by atomic mass is 9.82. The van der Waals surface area contributed by atoms with Crippen LogP contribution in [0.25, 0.3) is 0 Å². The molecule has 1 aliphatic rings. The first-order chi connectivity index (χ1) is 12.1. The van der Waals surface area contributed by atoms with Gasteiger partial charge in [0.25, 0.3) is 0 Å². The number of rotatable bonds is 4. The topological polar surface area (TPSA) is 52.6 Å². The lowest BCUT2D eigenvalue weighted by molar-refractivity contribution is -0.145. The van der Waals surface area contributed by atoms with E-state index in [1.165, 1.54) is 0 Å². The second-order valence-electron chi connectivity index (χ2n) is 5.93. The minimum absolute atomic E-state index is 0.269. The van der Waals surface area contributed by atoms with Gasteiger partial charge in [-0.25, -0.2) is 4.79 Å². The molecule has 0 fully saturated rings. The molecule has 130 valence electrons. The van der Waals surface area contributed by atoms with Crippen molar-refractivity contribution in [3.8, 4) is 5.75 Å². The van der Waals surface area contributed by atoms with E-state index >= 15 is 0 Å². The molecule has 0 aliphatic heterocycles. The van der Waals surface area contributed by atoms with Crippen molar-refractivity contribution in [1.82, 2.24) is 0 Å². The van der Waals surface area contributed by atoms with E-state index in [4.69, 9.17) is 21.1 Å². The largest absolute Gasteiger partial charge is 0.466 e. The highest BCUT2D eigenvalue weighted by atomic mass is 35.5. The van der Waals surface area contributed by atoms with Gasteiger partial charge in [-0.1, -0.05) is 29.8 Å². The molecule has 0 radical (unpaired) electrons. The molecule has 1 atom stereocenters. The van der Waals surface area contributed by atoms with Crippen LogP contribution in [0.3, 0.4) is 0 Å². The Morgan fingerprint density at radius 1 is 1.20 bits per heavy atom. The molecule has 25 heavy (non-hydrogen) atoms. The van der Waals surface area contributed by atoms with Crippen molar-refractivity contribution in [2.75, 3.05) is 6.61 Å². The Kier molecular flexibility index (Phi) is 5.39. The van der Waals surface area contributed by atoms with Gasteiger partial charge in [-0.15, -0.1) is 0 Å². The molecule has 0 spiro atoms. The minimum Gasteiger partial charge on any atom is -0.466 e. The fourth-order valence-corrected chi connectivity index (χ4v) is 3.38. The summed E-state index contributed by atoms with van der Waals surface area (Å²) in [4.78, 5) is 24.8. The summed E-state index contributed by atoms with van der Waals surface area (Å²) in [6, 6.07) is 12.1. The molecule has 0 amide bonds. The molecule has 5 heteroatoms. The maximum absolute atomic E-state index is 12.5. The van der Waals surface area contributed by atoms with Crippen molar-refractivity contribution in [2.45, 2.75) is 32.1 Å². The average molecular weight is 359 g/mol. The lowest BCUT2D eigenvalue weighted by Crippen LogP contribution is -2.22. The third-order valence-electron chi connectivity index (χ3n) is 4.28. The molecular weight excluding hydrogens is 340 g/mol. The fraction of sp³-hybridized carbons (Fsp3) is 0.300. The fourth-order valence-electron chi connectivity index (χ4n) is 3.19. The lowest BCUT2D eigenvalue weighted by Gasteiger charge is -2.26. The molecule has 0 heterocycles. The Labute approximate surface area is 151 Å². The predicted molar refractivity (Wildman–Crippen MR) is 95.2 cm³/mol. The van der Waals surface area contributed by atoms with Crippen molar-refractivity contribution < 1.29 is 19.1 Å². The molecule has 0 saturated carbocycles. The SMILES string of the molecule is CCOC(=O)C1CCCc2cccc(OC(=O)c3cccc(Cl)c3)c21. The highest BCUT2D eigenvalue weighted by Crippen LogP contribution is 2.39. The molecule has 2 aromatic rings. The summed E-state index contributed by atoms with van der Waals surface area (Å²) in [7, 11) is 0. The first-order valence-electron chi connectivity index (χ1n) is 8.36. The molecule has 0 N–H and O–H groups in total. The van der Waals surface area contributed by atoms with E-state index in [9.17, 15) is 9.59 Å². The molecule has 3 rings (SSSR count). The molecule has 0 saturated heterocycles. The number of benzene rings is 2. The number of halogens is 1. The van der Waals surface area contributed by atoms with Crippen LogP contribution in [-0.4, -0.2) is 18.5 Å². The summed E-state index contributed by atoms with van der Waals surface area (Å²) in [5.41, 5.74) is 2.16. The van der Waals surface area contributed by atoms with E-state index < -0.39 is 11.9 Å². The van der Waals surface area contributed by atoms with Crippen molar-refractivity contribution in [1.29, 1.82) is 0 Å². The second-order valence-corrected chi connectivity index (χ2v) is 6.36. The number of carbonyl (C=O) groups excluding carboxylic acids is 2. The number of esters is 2. The van der Waals surface area contributed by atoms with Crippen LogP contribution in [0, 0.1) is 0 Å². The number of hydrogen-bond acceptors (Lipinski definition) is 4. The third kappa shape index (κ3) is 3.85. The smallest absolute Gasteiger partial charge is 0.343 e. The van der Waals surface area contributed by atoms with Crippen LogP contribution < -0.4 is 4.74 Å². The van der Waals surface area contributed by atoms with Crippen LogP contribution in [0.4, 0.5) is 0 Å². The van der Waals surface area contributed by atoms with Crippen LogP contribution >= 0.6 is 11.6 Å². The first-order valence-corrected chi connectivity index (χ1v) is 8.74. The van der Waals surface area contributed by atoms with E-state index in [2.05, 4.69) is 0 Å². The van der Waals surface area contributed by atoms with Crippen molar-refractivity contribution >= 4 is 23.5 Å². The third-order valence-corrected chi connectivity index (χ3v) is 4.51. The summed E-state index contributed by atoms with van der Waals surface area (Å²) >= 11 is 5.94. The van der Waals surface area contributed by atoms with Crippen LogP contribution in [0.15, 0.2) is 42.5 Å². The Hall–Kier alpha value is -2.33. The van der Waals surface area contributed by atoms with Gasteiger partial charge in [0.15, 0.2) is 0 Å². The van der Waals surface area contributed by atoms with Gasteiger partial charge in [0.2, 0.25) is 0 Å². The number of fused-ring (bicyclic) bond motifs is 1. The normalized spacial score (nSPS) is 16.0. The summed E-state index contributed by atoms with van der Waals surface area (Å²) in [5.74, 6) is -0.744. The molecule has 1 unspecified atom stereocenters. The average Bonchev–Trinajstić information content (AvgIpc) is 2.61.